The van der Waals surface area contributed by atoms with Crippen LogP contribution in [0.4, 0.5) is 0 Å². The fraction of sp³-hybridized carbons (Fsp3) is 0.0909. The number of aromatic nitrogens is 2. The molecule has 0 aliphatic carbocycles. The zero-order valence-electron chi connectivity index (χ0n) is 10.4. The number of hydrogen-bond acceptors (Lipinski definition) is 5. The first-order valence-corrected chi connectivity index (χ1v) is 4.62. The largest absolute Gasteiger partial charge is 2.00 e. The van der Waals surface area contributed by atoms with Crippen LogP contribution in [0.2, 0.25) is 0 Å². The summed E-state index contributed by atoms with van der Waals surface area (Å²) in [6, 6.07) is 7.79. The Balaban J connectivity index is -0.000000722. The fourth-order valence-corrected chi connectivity index (χ4v) is 1.36. The molecular weight excluding hydrogens is 328 g/mol. The summed E-state index contributed by atoms with van der Waals surface area (Å²) in [4.78, 5) is 6.50. The summed E-state index contributed by atoms with van der Waals surface area (Å²) in [6.07, 6.45) is -0.0377. The Morgan fingerprint density at radius 3 is 2.05 bits per heavy atom. The Hall–Kier alpha value is -0.0275. The van der Waals surface area contributed by atoms with Gasteiger partial charge in [0.15, 0.2) is 0 Å². The molecule has 1 heterocycles. The average Bonchev–Trinajstić information content (AvgIpc) is 2.29. The number of benzene rings is 1. The van der Waals surface area contributed by atoms with Gasteiger partial charge in [0.05, 0.1) is 6.01 Å². The molecule has 0 spiro atoms. The van der Waals surface area contributed by atoms with Crippen molar-refractivity contribution in [2.24, 2.45) is 0 Å². The van der Waals surface area contributed by atoms with E-state index in [1.54, 1.807) is 30.3 Å². The van der Waals surface area contributed by atoms with Gasteiger partial charge in [0.25, 0.3) is 0 Å². The minimum Gasteiger partial charge on any atom is -1.00 e. The van der Waals surface area contributed by atoms with Crippen LogP contribution in [0.3, 0.4) is 0 Å². The van der Waals surface area contributed by atoms with E-state index < -0.39 is 18.0 Å². The molecule has 0 saturated carbocycles. The van der Waals surface area contributed by atoms with E-state index in [4.69, 9.17) is 0 Å². The Morgan fingerprint density at radius 2 is 1.55 bits per heavy atom. The molecular formula is C11H8Cl2Mg2N2O3. The first-order chi connectivity index (χ1) is 7.68. The normalized spacial score (nSPS) is 9.85. The maximum Gasteiger partial charge on any atom is 2.00 e. The average molecular weight is 336 g/mol. The summed E-state index contributed by atoms with van der Waals surface area (Å²) in [5.41, 5.74) is 0.563. The van der Waals surface area contributed by atoms with Gasteiger partial charge in [-0.25, -0.2) is 0 Å². The van der Waals surface area contributed by atoms with Crippen molar-refractivity contribution in [3.8, 4) is 11.9 Å². The smallest absolute Gasteiger partial charge is 1.00 e. The maximum absolute atomic E-state index is 11.3. The van der Waals surface area contributed by atoms with Gasteiger partial charge in [-0.05, 0) is 11.4 Å². The summed E-state index contributed by atoms with van der Waals surface area (Å²) >= 11 is 0. The van der Waals surface area contributed by atoms with Crippen LogP contribution in [0.1, 0.15) is 17.2 Å². The predicted octanol–water partition coefficient (Wildman–Crippen LogP) is -7.05. The molecule has 1 aromatic heterocycles. The van der Waals surface area contributed by atoms with Crippen LogP contribution in [0.5, 0.6) is 11.9 Å². The van der Waals surface area contributed by atoms with E-state index >= 15 is 0 Å². The predicted molar refractivity (Wildman–Crippen MR) is 62.9 cm³/mol. The third-order valence-corrected chi connectivity index (χ3v) is 2.17. The molecule has 1 atom stereocenters. The second-order valence-electron chi connectivity index (χ2n) is 3.23. The van der Waals surface area contributed by atoms with Gasteiger partial charge in [-0.1, -0.05) is 30.3 Å². The van der Waals surface area contributed by atoms with Gasteiger partial charge in [0.1, 0.15) is 6.10 Å². The monoisotopic (exact) mass is 334 g/mol. The van der Waals surface area contributed by atoms with E-state index in [2.05, 4.69) is 9.97 Å². The SMILES string of the molecule is [Cl-].[Cl-].[Mg+2].[Mg+2].[O-]c1ncc(C(O)c2ccccc2)c([O-])n1. The van der Waals surface area contributed by atoms with Crippen molar-refractivity contribution in [2.75, 3.05) is 0 Å². The van der Waals surface area contributed by atoms with Crippen molar-refractivity contribution in [3.63, 3.8) is 0 Å². The topological polar surface area (TPSA) is 92.1 Å². The van der Waals surface area contributed by atoms with E-state index in [0.29, 0.717) is 5.56 Å². The molecule has 0 radical (unpaired) electrons. The summed E-state index contributed by atoms with van der Waals surface area (Å²) in [7, 11) is 0. The summed E-state index contributed by atoms with van der Waals surface area (Å²) in [6.45, 7) is 0. The Morgan fingerprint density at radius 1 is 1.00 bits per heavy atom. The molecule has 98 valence electrons. The standard InChI is InChI=1S/C11H10N2O3.2ClH.2Mg/c14-9(7-4-2-1-3-5-7)8-6-12-11(16)13-10(8)15;;;;/h1-6,9,14H,(H2,12,13,15,16);2*1H;;/q;;;2*+2/p-4. The zero-order chi connectivity index (χ0) is 11.5. The van der Waals surface area contributed by atoms with Crippen molar-refractivity contribution in [2.45, 2.75) is 6.10 Å². The fourth-order valence-electron chi connectivity index (χ4n) is 1.36. The van der Waals surface area contributed by atoms with E-state index in [0.717, 1.165) is 6.20 Å². The summed E-state index contributed by atoms with van der Waals surface area (Å²) < 4.78 is 0. The number of aliphatic hydroxyl groups is 1. The van der Waals surface area contributed by atoms with Crippen molar-refractivity contribution in [3.05, 3.63) is 47.7 Å². The minimum atomic E-state index is -1.10. The van der Waals surface area contributed by atoms with Crippen molar-refractivity contribution < 1.29 is 40.1 Å². The van der Waals surface area contributed by atoms with E-state index in [1.165, 1.54) is 0 Å². The molecule has 2 aromatic rings. The van der Waals surface area contributed by atoms with Gasteiger partial charge in [-0.2, -0.15) is 0 Å². The van der Waals surface area contributed by atoms with Crippen LogP contribution in [0.25, 0.3) is 0 Å². The molecule has 1 aromatic carbocycles. The molecule has 9 heteroatoms. The number of aliphatic hydroxyl groups excluding tert-OH is 1. The number of halogens is 2. The van der Waals surface area contributed by atoms with Crippen LogP contribution in [0, 0.1) is 0 Å². The molecule has 1 N–H and O–H groups in total. The van der Waals surface area contributed by atoms with Gasteiger partial charge < -0.3 is 40.1 Å². The molecule has 2 rings (SSSR count). The molecule has 1 unspecified atom stereocenters. The molecule has 0 fully saturated rings. The molecule has 5 nitrogen and oxygen atoms in total. The molecule has 0 bridgehead atoms. The quantitative estimate of drug-likeness (QED) is 0.551. The Bertz CT molecular complexity index is 506. The van der Waals surface area contributed by atoms with Gasteiger partial charge in [-0.15, -0.1) is 0 Å². The second kappa shape index (κ2) is 11.6. The zero-order valence-corrected chi connectivity index (χ0v) is 14.7. The number of nitrogens with zero attached hydrogens (tertiary/aromatic N) is 2. The number of rotatable bonds is 2. The first kappa shape index (κ1) is 25.0. The van der Waals surface area contributed by atoms with Crippen molar-refractivity contribution in [1.82, 2.24) is 9.97 Å². The first-order valence-electron chi connectivity index (χ1n) is 4.62. The van der Waals surface area contributed by atoms with Crippen LogP contribution < -0.4 is 35.0 Å². The van der Waals surface area contributed by atoms with E-state index in [-0.39, 0.29) is 76.5 Å². The molecule has 0 aliphatic rings. The second-order valence-corrected chi connectivity index (χ2v) is 3.23. The summed E-state index contributed by atoms with van der Waals surface area (Å²) in [5, 5.41) is 31.9. The Labute approximate surface area is 161 Å². The molecule has 0 amide bonds. The van der Waals surface area contributed by atoms with Crippen LogP contribution >= 0.6 is 0 Å². The van der Waals surface area contributed by atoms with Gasteiger partial charge in [0, 0.05) is 11.8 Å². The molecule has 0 aliphatic heterocycles. The van der Waals surface area contributed by atoms with Crippen LogP contribution in [-0.2, 0) is 0 Å². The van der Waals surface area contributed by atoms with Crippen molar-refractivity contribution >= 4 is 46.1 Å². The van der Waals surface area contributed by atoms with Gasteiger partial charge >= 0.3 is 46.1 Å². The van der Waals surface area contributed by atoms with Gasteiger partial charge in [0.2, 0.25) is 0 Å². The van der Waals surface area contributed by atoms with Crippen LogP contribution in [-0.4, -0.2) is 61.2 Å². The third-order valence-electron chi connectivity index (χ3n) is 2.17. The number of hydrogen-bond donors (Lipinski definition) is 1. The molecule has 0 saturated heterocycles. The minimum absolute atomic E-state index is 0. The van der Waals surface area contributed by atoms with Crippen molar-refractivity contribution in [1.29, 1.82) is 0 Å². The maximum atomic E-state index is 11.3. The van der Waals surface area contributed by atoms with E-state index in [1.807, 2.05) is 0 Å². The van der Waals surface area contributed by atoms with Crippen LogP contribution in [0.15, 0.2) is 36.5 Å². The Kier molecular flexibility index (Phi) is 14.5. The third kappa shape index (κ3) is 6.17. The summed E-state index contributed by atoms with van der Waals surface area (Å²) in [5.74, 6) is -0.739. The van der Waals surface area contributed by atoms with Gasteiger partial charge in [-0.3, -0.25) is 9.97 Å². The molecule has 20 heavy (non-hydrogen) atoms. The van der Waals surface area contributed by atoms with E-state index in [9.17, 15) is 15.3 Å².